The first-order valence-corrected chi connectivity index (χ1v) is 10.4. The monoisotopic (exact) mass is 433 g/mol. The van der Waals surface area contributed by atoms with Crippen molar-refractivity contribution in [2.45, 2.75) is 51.1 Å². The number of rotatable bonds is 7. The van der Waals surface area contributed by atoms with Crippen LogP contribution in [0.3, 0.4) is 0 Å². The number of allylic oxidation sites excluding steroid dienone is 1. The molecule has 2 saturated heterocycles. The van der Waals surface area contributed by atoms with Gasteiger partial charge in [0.1, 0.15) is 5.84 Å². The molecule has 3 atom stereocenters. The van der Waals surface area contributed by atoms with Gasteiger partial charge in [-0.25, -0.2) is 13.8 Å². The number of carbonyl (C=O) groups is 1. The predicted molar refractivity (Wildman–Crippen MR) is 114 cm³/mol. The molecule has 0 aromatic carbocycles. The first-order chi connectivity index (χ1) is 14.6. The average Bonchev–Trinajstić information content (AvgIpc) is 2.94. The molecule has 3 rings (SSSR count). The lowest BCUT2D eigenvalue weighted by molar-refractivity contribution is -0.136. The van der Waals surface area contributed by atoms with Crippen LogP contribution in [-0.2, 0) is 10.7 Å². The predicted octanol–water partition coefficient (Wildman–Crippen LogP) is 3.46. The summed E-state index contributed by atoms with van der Waals surface area (Å²) in [6.45, 7) is 4.59. The maximum Gasteiger partial charge on any atom is 0.274 e. The first-order valence-electron chi connectivity index (χ1n) is 10.4. The number of amides is 1. The number of piperazine rings is 1. The summed E-state index contributed by atoms with van der Waals surface area (Å²) in [4.78, 5) is 20.3. The molecule has 1 aromatic rings. The van der Waals surface area contributed by atoms with Crippen molar-refractivity contribution >= 4 is 17.5 Å². The molecule has 0 aliphatic carbocycles. The number of ether oxygens (including phenoxy) is 1. The number of fused-ring (bicyclic) bond motifs is 2. The van der Waals surface area contributed by atoms with Crippen LogP contribution >= 0.6 is 0 Å². The Bertz CT molecular complexity index is 888. The Balaban J connectivity index is 1.62. The van der Waals surface area contributed by atoms with E-state index in [1.165, 1.54) is 25.4 Å². The molecule has 31 heavy (non-hydrogen) atoms. The summed E-state index contributed by atoms with van der Waals surface area (Å²) in [5, 5.41) is 15.9. The number of likely N-dealkylation sites (tertiary alicyclic amines) is 1. The SMILES string of the molecule is COc1cc(C(F)(F)CCC(=O)N2CC3C[C@H](C)C(C2)N3C(=N)/C=C\C(C)=N)ccn1. The van der Waals surface area contributed by atoms with Crippen molar-refractivity contribution in [1.82, 2.24) is 14.8 Å². The summed E-state index contributed by atoms with van der Waals surface area (Å²) in [5.74, 6) is -2.71. The van der Waals surface area contributed by atoms with Crippen LogP contribution in [0.1, 0.15) is 38.7 Å². The van der Waals surface area contributed by atoms with Crippen LogP contribution in [0.4, 0.5) is 8.78 Å². The normalized spacial score (nSPS) is 23.3. The molecule has 7 nitrogen and oxygen atoms in total. The lowest BCUT2D eigenvalue weighted by atomic mass is 10.0. The van der Waals surface area contributed by atoms with E-state index in [9.17, 15) is 13.6 Å². The Hall–Kier alpha value is -2.84. The first kappa shape index (κ1) is 22.8. The molecular formula is C22H29F2N5O2. The Kier molecular flexibility index (Phi) is 6.71. The zero-order chi connectivity index (χ0) is 22.8. The molecule has 1 amide bonds. The van der Waals surface area contributed by atoms with Gasteiger partial charge in [-0.15, -0.1) is 0 Å². The number of carbonyl (C=O) groups excluding carboxylic acids is 1. The maximum atomic E-state index is 14.6. The van der Waals surface area contributed by atoms with Gasteiger partial charge in [0.05, 0.1) is 13.2 Å². The lowest BCUT2D eigenvalue weighted by Crippen LogP contribution is -2.57. The third kappa shape index (κ3) is 5.08. The van der Waals surface area contributed by atoms with Crippen molar-refractivity contribution in [1.29, 1.82) is 10.8 Å². The fourth-order valence-electron chi connectivity index (χ4n) is 4.41. The molecule has 0 saturated carbocycles. The van der Waals surface area contributed by atoms with E-state index >= 15 is 0 Å². The van der Waals surface area contributed by atoms with Gasteiger partial charge in [-0.2, -0.15) is 0 Å². The zero-order valence-corrected chi connectivity index (χ0v) is 18.1. The van der Waals surface area contributed by atoms with E-state index in [1.54, 1.807) is 24.0 Å². The average molecular weight is 434 g/mol. The number of alkyl halides is 2. The van der Waals surface area contributed by atoms with Gasteiger partial charge in [0.15, 0.2) is 0 Å². The summed E-state index contributed by atoms with van der Waals surface area (Å²) in [6.07, 6.45) is 4.48. The van der Waals surface area contributed by atoms with Gasteiger partial charge in [-0.3, -0.25) is 10.2 Å². The molecule has 9 heteroatoms. The second-order valence-electron chi connectivity index (χ2n) is 8.33. The number of aromatic nitrogens is 1. The molecule has 2 aliphatic rings. The number of hydrogen-bond acceptors (Lipinski definition) is 5. The van der Waals surface area contributed by atoms with Gasteiger partial charge in [-0.05, 0) is 37.5 Å². The summed E-state index contributed by atoms with van der Waals surface area (Å²) in [5.41, 5.74) is 0.152. The van der Waals surface area contributed by atoms with Crippen molar-refractivity contribution in [3.05, 3.63) is 36.0 Å². The molecular weight excluding hydrogens is 404 g/mol. The van der Waals surface area contributed by atoms with E-state index in [0.29, 0.717) is 30.6 Å². The van der Waals surface area contributed by atoms with Gasteiger partial charge in [0.25, 0.3) is 5.92 Å². The van der Waals surface area contributed by atoms with Crippen LogP contribution in [0, 0.1) is 16.7 Å². The number of amidine groups is 1. The fraction of sp³-hybridized carbons (Fsp3) is 0.545. The highest BCUT2D eigenvalue weighted by molar-refractivity contribution is 5.99. The van der Waals surface area contributed by atoms with E-state index in [2.05, 4.69) is 11.9 Å². The van der Waals surface area contributed by atoms with E-state index in [-0.39, 0.29) is 35.9 Å². The number of hydrogen-bond donors (Lipinski definition) is 2. The molecule has 2 N–H and O–H groups in total. The van der Waals surface area contributed by atoms with Crippen LogP contribution in [0.25, 0.3) is 0 Å². The fourth-order valence-corrected chi connectivity index (χ4v) is 4.41. The van der Waals surface area contributed by atoms with Crippen LogP contribution in [0.15, 0.2) is 30.5 Å². The Morgan fingerprint density at radius 3 is 2.74 bits per heavy atom. The highest BCUT2D eigenvalue weighted by Crippen LogP contribution is 2.37. The van der Waals surface area contributed by atoms with Crippen molar-refractivity contribution in [3.8, 4) is 5.88 Å². The van der Waals surface area contributed by atoms with Gasteiger partial charge < -0.3 is 19.9 Å². The molecule has 1 aromatic heterocycles. The van der Waals surface area contributed by atoms with Gasteiger partial charge >= 0.3 is 0 Å². The smallest absolute Gasteiger partial charge is 0.274 e. The topological polar surface area (TPSA) is 93.4 Å². The minimum atomic E-state index is -3.16. The Labute approximate surface area is 181 Å². The van der Waals surface area contributed by atoms with Crippen molar-refractivity contribution in [3.63, 3.8) is 0 Å². The van der Waals surface area contributed by atoms with Crippen molar-refractivity contribution < 1.29 is 18.3 Å². The minimum Gasteiger partial charge on any atom is -0.481 e. The highest BCUT2D eigenvalue weighted by atomic mass is 19.3. The second kappa shape index (κ2) is 9.11. The Morgan fingerprint density at radius 1 is 1.35 bits per heavy atom. The van der Waals surface area contributed by atoms with Crippen molar-refractivity contribution in [2.75, 3.05) is 20.2 Å². The molecule has 0 radical (unpaired) electrons. The highest BCUT2D eigenvalue weighted by Gasteiger charge is 2.46. The summed E-state index contributed by atoms with van der Waals surface area (Å²) in [6, 6.07) is 2.41. The summed E-state index contributed by atoms with van der Waals surface area (Å²) < 4.78 is 34.2. The van der Waals surface area contributed by atoms with Crippen molar-refractivity contribution in [2.24, 2.45) is 5.92 Å². The quantitative estimate of drug-likeness (QED) is 0.509. The van der Waals surface area contributed by atoms with Gasteiger partial charge in [-0.1, -0.05) is 6.92 Å². The number of halogens is 2. The molecule has 2 fully saturated rings. The number of pyridine rings is 1. The lowest BCUT2D eigenvalue weighted by Gasteiger charge is -2.42. The summed E-state index contributed by atoms with van der Waals surface area (Å²) >= 11 is 0. The molecule has 2 bridgehead atoms. The van der Waals surface area contributed by atoms with Crippen LogP contribution in [0.5, 0.6) is 5.88 Å². The molecule has 2 aliphatic heterocycles. The van der Waals surface area contributed by atoms with E-state index in [1.807, 2.05) is 4.90 Å². The maximum absolute atomic E-state index is 14.6. The molecule has 168 valence electrons. The standard InChI is InChI=1S/C22H29F2N5O2/c1-14-10-17-12-28(13-18(14)29(17)19(26)5-4-15(2)25)21(30)6-8-22(23,24)16-7-9-27-20(11-16)31-3/h4-5,7,9,11,14,17-18,25-26H,6,8,10,12-13H2,1-3H3/b5-4-,25-15?,26-19?/t14-,17?,18?/m0/s1. The summed E-state index contributed by atoms with van der Waals surface area (Å²) in [7, 11) is 1.37. The third-order valence-corrected chi connectivity index (χ3v) is 6.03. The Morgan fingerprint density at radius 2 is 2.10 bits per heavy atom. The number of nitrogens with zero attached hydrogens (tertiary/aromatic N) is 3. The van der Waals surface area contributed by atoms with Crippen LogP contribution in [-0.4, -0.2) is 64.5 Å². The zero-order valence-electron chi connectivity index (χ0n) is 18.1. The number of nitrogens with one attached hydrogen (secondary N) is 2. The second-order valence-corrected chi connectivity index (χ2v) is 8.33. The molecule has 3 heterocycles. The van der Waals surface area contributed by atoms with Gasteiger partial charge in [0.2, 0.25) is 11.8 Å². The third-order valence-electron chi connectivity index (χ3n) is 6.03. The molecule has 2 unspecified atom stereocenters. The van der Waals surface area contributed by atoms with Crippen LogP contribution < -0.4 is 4.74 Å². The number of methoxy groups -OCH3 is 1. The molecule has 0 spiro atoms. The van der Waals surface area contributed by atoms with Crippen LogP contribution in [0.2, 0.25) is 0 Å². The van der Waals surface area contributed by atoms with Gasteiger partial charge in [0, 0.05) is 55.5 Å². The van der Waals surface area contributed by atoms with E-state index in [4.69, 9.17) is 15.6 Å². The largest absolute Gasteiger partial charge is 0.481 e. The van der Waals surface area contributed by atoms with E-state index < -0.39 is 12.3 Å². The van der Waals surface area contributed by atoms with E-state index in [0.717, 1.165) is 6.42 Å². The minimum absolute atomic E-state index is 0.00846.